The van der Waals surface area contributed by atoms with Gasteiger partial charge in [0, 0.05) is 43.0 Å². The third-order valence-electron chi connectivity index (χ3n) is 7.21. The first kappa shape index (κ1) is 21.9. The van der Waals surface area contributed by atoms with E-state index in [1.807, 2.05) is 7.05 Å². The van der Waals surface area contributed by atoms with Crippen molar-refractivity contribution < 1.29 is 9.26 Å². The fourth-order valence-corrected chi connectivity index (χ4v) is 5.73. The molecule has 28 heavy (non-hydrogen) atoms. The lowest BCUT2D eigenvalue weighted by atomic mass is 9.54. The number of ether oxygens (including phenoxy) is 1. The van der Waals surface area contributed by atoms with Gasteiger partial charge >= 0.3 is 0 Å². The Morgan fingerprint density at radius 1 is 1.32 bits per heavy atom. The van der Waals surface area contributed by atoms with E-state index in [0.29, 0.717) is 35.9 Å². The molecule has 2 N–H and O–H groups in total. The summed E-state index contributed by atoms with van der Waals surface area (Å²) in [5.74, 6) is 2.84. The Balaban J connectivity index is 0.00000225. The van der Waals surface area contributed by atoms with E-state index in [2.05, 4.69) is 40.7 Å². The smallest absolute Gasteiger partial charge is 0.191 e. The van der Waals surface area contributed by atoms with E-state index in [0.717, 1.165) is 36.9 Å². The summed E-state index contributed by atoms with van der Waals surface area (Å²) < 4.78 is 11.6. The van der Waals surface area contributed by atoms with Crippen LogP contribution in [0.25, 0.3) is 0 Å². The molecule has 1 saturated heterocycles. The van der Waals surface area contributed by atoms with Crippen LogP contribution < -0.4 is 10.6 Å². The van der Waals surface area contributed by atoms with Crippen molar-refractivity contribution in [2.75, 3.05) is 13.7 Å². The Kier molecular flexibility index (Phi) is 7.28. The number of hydrogen-bond acceptors (Lipinski definition) is 4. The molecule has 3 unspecified atom stereocenters. The van der Waals surface area contributed by atoms with Crippen LogP contribution >= 0.6 is 24.0 Å². The normalized spacial score (nSPS) is 28.1. The first-order valence-electron chi connectivity index (χ1n) is 10.8. The zero-order valence-corrected chi connectivity index (χ0v) is 19.7. The minimum atomic E-state index is 0. The molecule has 0 radical (unpaired) electrons. The maximum atomic E-state index is 6.09. The molecule has 3 atom stereocenters. The van der Waals surface area contributed by atoms with Crippen LogP contribution in [-0.2, 0) is 11.3 Å². The minimum absolute atomic E-state index is 0. The Hall–Kier alpha value is -0.830. The highest BCUT2D eigenvalue weighted by atomic mass is 127. The number of aromatic nitrogens is 1. The Bertz CT molecular complexity index is 667. The minimum Gasteiger partial charge on any atom is -0.377 e. The maximum absolute atomic E-state index is 6.09. The van der Waals surface area contributed by atoms with Gasteiger partial charge in [0.25, 0.3) is 0 Å². The van der Waals surface area contributed by atoms with Gasteiger partial charge in [0.15, 0.2) is 11.7 Å². The Labute approximate surface area is 185 Å². The second-order valence-electron chi connectivity index (χ2n) is 8.46. The summed E-state index contributed by atoms with van der Waals surface area (Å²) in [5, 5.41) is 11.4. The molecule has 4 rings (SSSR count). The van der Waals surface area contributed by atoms with E-state index in [9.17, 15) is 0 Å². The van der Waals surface area contributed by atoms with Gasteiger partial charge in [-0.25, -0.2) is 0 Å². The van der Waals surface area contributed by atoms with Gasteiger partial charge in [-0.1, -0.05) is 31.8 Å². The Morgan fingerprint density at radius 2 is 2.07 bits per heavy atom. The van der Waals surface area contributed by atoms with E-state index in [4.69, 9.17) is 9.26 Å². The van der Waals surface area contributed by atoms with Gasteiger partial charge in [-0.3, -0.25) is 4.99 Å². The lowest BCUT2D eigenvalue weighted by Crippen LogP contribution is -2.69. The summed E-state index contributed by atoms with van der Waals surface area (Å²) in [4.78, 5) is 4.46. The topological polar surface area (TPSA) is 71.7 Å². The predicted octanol–water partition coefficient (Wildman–Crippen LogP) is 4.21. The van der Waals surface area contributed by atoms with Crippen molar-refractivity contribution in [3.63, 3.8) is 0 Å². The molecule has 0 bridgehead atoms. The Morgan fingerprint density at radius 3 is 2.75 bits per heavy atom. The van der Waals surface area contributed by atoms with Crippen molar-refractivity contribution in [2.45, 2.75) is 83.4 Å². The molecule has 1 aliphatic heterocycles. The van der Waals surface area contributed by atoms with Gasteiger partial charge in [-0.15, -0.1) is 24.0 Å². The number of fused-ring (bicyclic) bond motifs is 2. The standard InChI is InChI=1S/C21H34N4O2.HI/c1-4-14(5-2)17-12-15(27-25-17)13-23-20(22-3)24-18-16-8-11-26-19(16)21(18)9-6-7-10-21;/h12,14,16,18-19H,4-11,13H2,1-3H3,(H2,22,23,24);1H. The van der Waals surface area contributed by atoms with Crippen molar-refractivity contribution in [2.24, 2.45) is 16.3 Å². The van der Waals surface area contributed by atoms with Crippen LogP contribution in [0.15, 0.2) is 15.6 Å². The molecule has 3 fully saturated rings. The lowest BCUT2D eigenvalue weighted by Gasteiger charge is -2.57. The highest BCUT2D eigenvalue weighted by Gasteiger charge is 2.65. The van der Waals surface area contributed by atoms with Crippen LogP contribution in [0.3, 0.4) is 0 Å². The molecule has 2 saturated carbocycles. The first-order valence-corrected chi connectivity index (χ1v) is 10.8. The summed E-state index contributed by atoms with van der Waals surface area (Å²) in [7, 11) is 1.84. The number of aliphatic imine (C=N–C) groups is 1. The molecule has 1 spiro atoms. The average Bonchev–Trinajstić information content (AvgIpc) is 3.43. The average molecular weight is 502 g/mol. The van der Waals surface area contributed by atoms with Crippen molar-refractivity contribution in [1.29, 1.82) is 0 Å². The number of nitrogens with zero attached hydrogens (tertiary/aromatic N) is 2. The van der Waals surface area contributed by atoms with Gasteiger partial charge in [-0.05, 0) is 32.1 Å². The molecular formula is C21H35IN4O2. The van der Waals surface area contributed by atoms with Crippen LogP contribution in [0.2, 0.25) is 0 Å². The van der Waals surface area contributed by atoms with Crippen LogP contribution in [0.4, 0.5) is 0 Å². The molecule has 0 amide bonds. The van der Waals surface area contributed by atoms with Gasteiger partial charge in [-0.2, -0.15) is 0 Å². The fraction of sp³-hybridized carbons (Fsp3) is 0.810. The number of rotatable bonds is 6. The molecule has 2 aliphatic carbocycles. The summed E-state index contributed by atoms with van der Waals surface area (Å²) in [6.45, 7) is 5.92. The fourth-order valence-electron chi connectivity index (χ4n) is 5.73. The van der Waals surface area contributed by atoms with Crippen molar-refractivity contribution in [1.82, 2.24) is 15.8 Å². The van der Waals surface area contributed by atoms with Crippen molar-refractivity contribution in [3.05, 3.63) is 17.5 Å². The summed E-state index contributed by atoms with van der Waals surface area (Å²) in [6, 6.07) is 2.56. The maximum Gasteiger partial charge on any atom is 0.191 e. The largest absolute Gasteiger partial charge is 0.377 e. The van der Waals surface area contributed by atoms with Gasteiger partial charge in [0.05, 0.1) is 18.3 Å². The summed E-state index contributed by atoms with van der Waals surface area (Å²) in [6.07, 6.45) is 9.03. The predicted molar refractivity (Wildman–Crippen MR) is 121 cm³/mol. The molecule has 3 aliphatic rings. The van der Waals surface area contributed by atoms with Crippen LogP contribution in [-0.4, -0.2) is 36.9 Å². The lowest BCUT2D eigenvalue weighted by molar-refractivity contribution is -0.125. The van der Waals surface area contributed by atoms with E-state index < -0.39 is 0 Å². The van der Waals surface area contributed by atoms with Crippen molar-refractivity contribution >= 4 is 29.9 Å². The second kappa shape index (κ2) is 9.32. The van der Waals surface area contributed by atoms with Crippen LogP contribution in [0.1, 0.15) is 76.2 Å². The zero-order chi connectivity index (χ0) is 18.9. The molecule has 1 aromatic rings. The number of hydrogen-bond donors (Lipinski definition) is 2. The van der Waals surface area contributed by atoms with E-state index in [1.54, 1.807) is 0 Å². The number of nitrogens with one attached hydrogen (secondary N) is 2. The zero-order valence-electron chi connectivity index (χ0n) is 17.4. The third kappa shape index (κ3) is 3.80. The van der Waals surface area contributed by atoms with Gasteiger partial charge in [0.2, 0.25) is 0 Å². The molecular weight excluding hydrogens is 467 g/mol. The molecule has 1 aromatic heterocycles. The van der Waals surface area contributed by atoms with E-state index >= 15 is 0 Å². The molecule has 158 valence electrons. The molecule has 7 heteroatoms. The second-order valence-corrected chi connectivity index (χ2v) is 8.46. The van der Waals surface area contributed by atoms with Gasteiger partial charge in [0.1, 0.15) is 0 Å². The van der Waals surface area contributed by atoms with Crippen LogP contribution in [0.5, 0.6) is 0 Å². The highest BCUT2D eigenvalue weighted by Crippen LogP contribution is 2.60. The molecule has 6 nitrogen and oxygen atoms in total. The van der Waals surface area contributed by atoms with Crippen molar-refractivity contribution in [3.8, 4) is 0 Å². The van der Waals surface area contributed by atoms with E-state index in [1.165, 1.54) is 32.1 Å². The van der Waals surface area contributed by atoms with E-state index in [-0.39, 0.29) is 24.0 Å². The summed E-state index contributed by atoms with van der Waals surface area (Å²) >= 11 is 0. The quantitative estimate of drug-likeness (QED) is 0.347. The molecule has 0 aromatic carbocycles. The molecule has 2 heterocycles. The number of halogens is 1. The third-order valence-corrected chi connectivity index (χ3v) is 7.21. The first-order chi connectivity index (χ1) is 13.2. The van der Waals surface area contributed by atoms with Crippen LogP contribution in [0, 0.1) is 11.3 Å². The summed E-state index contributed by atoms with van der Waals surface area (Å²) in [5.41, 5.74) is 1.39. The SMILES string of the molecule is CCC(CC)c1cc(CNC(=NC)NC2C3CCOC3C23CCCC3)on1.I. The van der Waals surface area contributed by atoms with Gasteiger partial charge < -0.3 is 19.9 Å². The monoisotopic (exact) mass is 502 g/mol. The number of guanidine groups is 1. The highest BCUT2D eigenvalue weighted by molar-refractivity contribution is 14.0.